The van der Waals surface area contributed by atoms with E-state index in [9.17, 15) is 5.11 Å². The first-order valence-electron chi connectivity index (χ1n) is 40.6. The number of ether oxygens (including phenoxy) is 5. The minimum Gasteiger partial charge on any atom is -0.432 e. The van der Waals surface area contributed by atoms with E-state index in [4.69, 9.17) is 23.7 Å². The van der Waals surface area contributed by atoms with E-state index in [1.54, 1.807) is 5.57 Å². The van der Waals surface area contributed by atoms with Crippen molar-refractivity contribution in [1.82, 2.24) is 0 Å². The van der Waals surface area contributed by atoms with Crippen LogP contribution < -0.4 is 0 Å². The topological polar surface area (TPSA) is 83.5 Å². The van der Waals surface area contributed by atoms with Crippen LogP contribution in [0.4, 0.5) is 0 Å². The lowest BCUT2D eigenvalue weighted by Crippen LogP contribution is -2.65. The largest absolute Gasteiger partial charge is 0.432 e. The lowest BCUT2D eigenvalue weighted by Gasteiger charge is -2.71. The van der Waals surface area contributed by atoms with Crippen LogP contribution in [-0.2, 0) is 28.5 Å². The maximum Gasteiger partial charge on any atom is 0.315 e. The van der Waals surface area contributed by atoms with Crippen molar-refractivity contribution in [2.45, 2.75) is 434 Å². The molecule has 526 valence electrons. The lowest BCUT2D eigenvalue weighted by molar-refractivity contribution is -0.283. The van der Waals surface area contributed by atoms with Gasteiger partial charge in [0.1, 0.15) is 18.3 Å². The Morgan fingerprint density at radius 1 is 0.478 bits per heavy atom. The highest BCUT2D eigenvalue weighted by Crippen LogP contribution is 2.76. The summed E-state index contributed by atoms with van der Waals surface area (Å²) in [4.78, 5) is 15.5. The van der Waals surface area contributed by atoms with Crippen LogP contribution in [0.1, 0.15) is 403 Å². The van der Waals surface area contributed by atoms with Crippen LogP contribution in [0.2, 0.25) is 0 Å². The van der Waals surface area contributed by atoms with Crippen molar-refractivity contribution < 1.29 is 33.6 Å². The first-order valence-corrected chi connectivity index (χ1v) is 40.6. The van der Waals surface area contributed by atoms with Crippen LogP contribution >= 0.6 is 0 Å². The Labute approximate surface area is 558 Å². The van der Waals surface area contributed by atoms with E-state index in [0.717, 1.165) is 77.2 Å². The average molecular weight is 1260 g/mol. The summed E-state index contributed by atoms with van der Waals surface area (Å²) >= 11 is 0. The van der Waals surface area contributed by atoms with Gasteiger partial charge in [-0.05, 0) is 128 Å². The molecule has 6 aliphatic rings. The number of hydrogen-bond donors (Lipinski definition) is 1. The van der Waals surface area contributed by atoms with Gasteiger partial charge in [0.2, 0.25) is 6.29 Å². The van der Waals surface area contributed by atoms with Gasteiger partial charge in [0.05, 0.1) is 18.1 Å². The molecule has 7 heteroatoms. The van der Waals surface area contributed by atoms with Gasteiger partial charge in [-0.1, -0.05) is 331 Å². The molecule has 1 N–H and O–H groups in total. The molecule has 90 heavy (non-hydrogen) atoms. The summed E-state index contributed by atoms with van der Waals surface area (Å²) in [5.74, 6) is 1.18. The number of rotatable bonds is 50. The van der Waals surface area contributed by atoms with Gasteiger partial charge in [0.15, 0.2) is 0 Å². The summed E-state index contributed by atoms with van der Waals surface area (Å²) in [6.45, 7) is 27.3. The van der Waals surface area contributed by atoms with Crippen LogP contribution in [0.5, 0.6) is 0 Å². The first kappa shape index (κ1) is 78.0. The predicted octanol–water partition coefficient (Wildman–Crippen LogP) is 24.6. The monoisotopic (exact) mass is 1260 g/mol. The van der Waals surface area contributed by atoms with E-state index in [0.29, 0.717) is 31.2 Å². The van der Waals surface area contributed by atoms with Crippen LogP contribution in [0.25, 0.3) is 0 Å². The Hall–Kier alpha value is -0.990. The lowest BCUT2D eigenvalue weighted by atomic mass is 9.33. The van der Waals surface area contributed by atoms with E-state index >= 15 is 4.79 Å². The van der Waals surface area contributed by atoms with Crippen molar-refractivity contribution in [2.75, 3.05) is 26.4 Å². The third-order valence-electron chi connectivity index (χ3n) is 26.1. The molecule has 0 aromatic carbocycles. The highest BCUT2D eigenvalue weighted by atomic mass is 16.7. The molecule has 4 saturated carbocycles. The van der Waals surface area contributed by atoms with Gasteiger partial charge in [-0.15, -0.1) is 0 Å². The molecule has 6 rings (SSSR count). The van der Waals surface area contributed by atoms with E-state index < -0.39 is 30.0 Å². The zero-order valence-corrected chi connectivity index (χ0v) is 61.7. The molecule has 1 heterocycles. The number of carbonyl (C=O) groups excluding carboxylic acids is 1. The van der Waals surface area contributed by atoms with Crippen molar-refractivity contribution in [3.8, 4) is 0 Å². The van der Waals surface area contributed by atoms with Crippen LogP contribution in [-0.4, -0.2) is 68.2 Å². The molecule has 0 radical (unpaired) electrons. The van der Waals surface area contributed by atoms with Gasteiger partial charge in [-0.3, -0.25) is 4.79 Å². The SMILES string of the molecule is CCCCCCCCCCCCCCCCO[C@H]1[C@H](O)[C@@H](OC(=O)[C@@]23CCC(C)(C)C[C@H]2C2=CC[C@H]4[C@]5(C)CC[C@H](OCCCCCCCCCCCCCCCC)C(C)(C)[C@H]5CC[C@@]4(C)[C@]2(C)CC3)OC[C@@H]1OCCCCCCCCCCCCCCCC. The summed E-state index contributed by atoms with van der Waals surface area (Å²) in [6.07, 6.45) is 66.8. The number of fused-ring (bicyclic) bond motifs is 7. The number of unbranched alkanes of at least 4 members (excludes halogenated alkanes) is 39. The second kappa shape index (κ2) is 41.3. The average Bonchev–Trinajstić information content (AvgIpc) is 0.681. The second-order valence-corrected chi connectivity index (χ2v) is 33.7. The zero-order valence-electron chi connectivity index (χ0n) is 61.7. The Morgan fingerprint density at radius 2 is 0.889 bits per heavy atom. The summed E-state index contributed by atoms with van der Waals surface area (Å²) in [6, 6.07) is 0. The molecule has 1 saturated heterocycles. The minimum absolute atomic E-state index is 0.00166. The highest BCUT2D eigenvalue weighted by molar-refractivity contribution is 5.79. The molecule has 5 fully saturated rings. The van der Waals surface area contributed by atoms with Crippen molar-refractivity contribution in [3.05, 3.63) is 11.6 Å². The molecule has 0 amide bonds. The minimum atomic E-state index is -1.11. The van der Waals surface area contributed by atoms with E-state index in [1.165, 1.54) is 263 Å². The quantitative estimate of drug-likeness (QED) is 0.0369. The fourth-order valence-electron chi connectivity index (χ4n) is 19.9. The smallest absolute Gasteiger partial charge is 0.315 e. The molecule has 0 unspecified atom stereocenters. The molecular formula is C83H152O7. The first-order chi connectivity index (χ1) is 43.5. The van der Waals surface area contributed by atoms with Crippen molar-refractivity contribution in [1.29, 1.82) is 0 Å². The standard InChI is InChI=1S/C83H152O7/c1-11-14-17-20-23-26-29-32-35-38-41-44-47-50-63-86-70-67-89-76(74(84)75(70)88-65-52-49-46-43-40-37-34-31-28-25-22-19-16-13-3)90-77(85)83-61-59-78(4,5)66-69(83)68-53-54-72-80(8)57-56-73(79(6,7)71(80)55-58-82(72,10)81(68,9)60-62-83)87-64-51-48-45-42-39-36-33-30-27-24-21-18-15-12-2/h53,69-76,84H,11-52,54-67H2,1-10H3/t69-,70-,71+,72-,73-,74-,75+,76+,80+,81+,82+,83+/m0/s1. The third-order valence-corrected chi connectivity index (χ3v) is 26.1. The Balaban J connectivity index is 1.01. The fourth-order valence-corrected chi connectivity index (χ4v) is 19.9. The molecule has 1 aliphatic heterocycles. The third kappa shape index (κ3) is 22.8. The van der Waals surface area contributed by atoms with E-state index in [-0.39, 0.29) is 45.6 Å². The fraction of sp³-hybridized carbons (Fsp3) is 0.964. The highest BCUT2D eigenvalue weighted by Gasteiger charge is 2.70. The van der Waals surface area contributed by atoms with Crippen LogP contribution in [0, 0.1) is 50.2 Å². The van der Waals surface area contributed by atoms with Gasteiger partial charge in [-0.25, -0.2) is 0 Å². The number of carbonyl (C=O) groups is 1. The Bertz CT molecular complexity index is 1930. The summed E-state index contributed by atoms with van der Waals surface area (Å²) in [7, 11) is 0. The number of allylic oxidation sites excluding steroid dienone is 2. The summed E-state index contributed by atoms with van der Waals surface area (Å²) in [5, 5.41) is 12.3. The predicted molar refractivity (Wildman–Crippen MR) is 381 cm³/mol. The molecule has 0 bridgehead atoms. The molecule has 5 aliphatic carbocycles. The molecule has 7 nitrogen and oxygen atoms in total. The van der Waals surface area contributed by atoms with Gasteiger partial charge in [0, 0.05) is 19.8 Å². The second-order valence-electron chi connectivity index (χ2n) is 33.7. The van der Waals surface area contributed by atoms with Crippen molar-refractivity contribution >= 4 is 5.97 Å². The molecule has 0 aromatic heterocycles. The Morgan fingerprint density at radius 3 is 1.34 bits per heavy atom. The van der Waals surface area contributed by atoms with Crippen LogP contribution in [0.3, 0.4) is 0 Å². The molecular weight excluding hydrogens is 1110 g/mol. The molecule has 0 aromatic rings. The van der Waals surface area contributed by atoms with Crippen molar-refractivity contribution in [3.63, 3.8) is 0 Å². The van der Waals surface area contributed by atoms with Gasteiger partial charge >= 0.3 is 5.97 Å². The van der Waals surface area contributed by atoms with Gasteiger partial charge in [0.25, 0.3) is 0 Å². The maximum atomic E-state index is 15.5. The van der Waals surface area contributed by atoms with Gasteiger partial charge < -0.3 is 28.8 Å². The van der Waals surface area contributed by atoms with Crippen LogP contribution in [0.15, 0.2) is 11.6 Å². The Kier molecular flexibility index (Phi) is 35.8. The van der Waals surface area contributed by atoms with E-state index in [1.807, 2.05) is 0 Å². The molecule has 12 atom stereocenters. The van der Waals surface area contributed by atoms with E-state index in [2.05, 4.69) is 75.3 Å². The summed E-state index contributed by atoms with van der Waals surface area (Å²) < 4.78 is 33.4. The number of esters is 1. The number of aliphatic hydroxyl groups is 1. The number of hydrogen-bond acceptors (Lipinski definition) is 7. The summed E-state index contributed by atoms with van der Waals surface area (Å²) in [5.41, 5.74) is 1.55. The normalized spacial score (nSPS) is 31.1. The zero-order chi connectivity index (χ0) is 64.6. The molecule has 0 spiro atoms. The number of aliphatic hydroxyl groups excluding tert-OH is 1. The van der Waals surface area contributed by atoms with Crippen molar-refractivity contribution in [2.24, 2.45) is 50.2 Å². The maximum absolute atomic E-state index is 15.5. The van der Waals surface area contributed by atoms with Gasteiger partial charge in [-0.2, -0.15) is 0 Å².